The Kier molecular flexibility index (Phi) is 1.94. The number of carbonyl (C=O) groups is 2. The van der Waals surface area contributed by atoms with Gasteiger partial charge in [0, 0.05) is 4.90 Å². The lowest BCUT2D eigenvalue weighted by atomic mass is 10.2. The molecule has 5 heteroatoms. The van der Waals surface area contributed by atoms with E-state index in [-0.39, 0.29) is 5.91 Å². The highest BCUT2D eigenvalue weighted by molar-refractivity contribution is 7.98. The molecular weight excluding hydrogens is 188 g/mol. The second kappa shape index (κ2) is 3.10. The van der Waals surface area contributed by atoms with Crippen molar-refractivity contribution >= 4 is 23.9 Å². The Morgan fingerprint density at radius 3 is 2.77 bits per heavy atom. The van der Waals surface area contributed by atoms with Gasteiger partial charge in [-0.05, 0) is 24.1 Å². The van der Waals surface area contributed by atoms with Crippen LogP contribution < -0.4 is 10.0 Å². The van der Waals surface area contributed by atoms with Crippen LogP contribution in [-0.2, 0) is 0 Å². The molecule has 1 aromatic rings. The van der Waals surface area contributed by atoms with Gasteiger partial charge in [-0.25, -0.2) is 4.79 Å². The number of benzene rings is 1. The smallest absolute Gasteiger partial charge is 0.277 e. The van der Waals surface area contributed by atoms with Crippen LogP contribution in [0.4, 0.5) is 4.79 Å². The van der Waals surface area contributed by atoms with Gasteiger partial charge in [0.25, 0.3) is 5.91 Å². The molecular formula is C8H6N2O2S. The third-order valence-electron chi connectivity index (χ3n) is 1.61. The fourth-order valence-electron chi connectivity index (χ4n) is 1.04. The fraction of sp³-hybridized carbons (Fsp3) is 0. The highest BCUT2D eigenvalue weighted by Gasteiger charge is 2.18. The summed E-state index contributed by atoms with van der Waals surface area (Å²) in [4.78, 5) is 23.0. The second-order valence-corrected chi connectivity index (χ2v) is 3.33. The number of rotatable bonds is 0. The molecule has 0 aromatic heterocycles. The maximum absolute atomic E-state index is 11.3. The quantitative estimate of drug-likeness (QED) is 0.609. The number of hydrogen-bond donors (Lipinski definition) is 2. The van der Waals surface area contributed by atoms with Crippen molar-refractivity contribution in [2.45, 2.75) is 4.90 Å². The Morgan fingerprint density at radius 2 is 1.92 bits per heavy atom. The zero-order valence-electron chi connectivity index (χ0n) is 6.53. The first-order valence-electron chi connectivity index (χ1n) is 3.64. The summed E-state index contributed by atoms with van der Waals surface area (Å²) in [5.74, 6) is -0.363. The maximum Gasteiger partial charge on any atom is 0.331 e. The molecule has 0 fully saturated rings. The molecule has 1 aliphatic heterocycles. The molecule has 0 unspecified atom stereocenters. The predicted molar refractivity (Wildman–Crippen MR) is 48.3 cm³/mol. The average molecular weight is 194 g/mol. The SMILES string of the molecule is O=C1NSc2ccccc2C(=O)N1. The van der Waals surface area contributed by atoms with Crippen LogP contribution in [-0.4, -0.2) is 11.9 Å². The number of nitrogens with one attached hydrogen (secondary N) is 2. The summed E-state index contributed by atoms with van der Waals surface area (Å²) in [6.07, 6.45) is 0. The van der Waals surface area contributed by atoms with Crippen molar-refractivity contribution in [1.82, 2.24) is 10.0 Å². The van der Waals surface area contributed by atoms with E-state index in [2.05, 4.69) is 10.0 Å². The van der Waals surface area contributed by atoms with Crippen LogP contribution in [0.25, 0.3) is 0 Å². The minimum Gasteiger partial charge on any atom is -0.277 e. The Bertz CT molecular complexity index is 378. The van der Waals surface area contributed by atoms with E-state index in [0.717, 1.165) is 16.8 Å². The molecule has 4 nitrogen and oxygen atoms in total. The van der Waals surface area contributed by atoms with Gasteiger partial charge in [-0.3, -0.25) is 14.8 Å². The van der Waals surface area contributed by atoms with E-state index < -0.39 is 6.03 Å². The van der Waals surface area contributed by atoms with E-state index in [4.69, 9.17) is 0 Å². The lowest BCUT2D eigenvalue weighted by Gasteiger charge is -1.99. The predicted octanol–water partition coefficient (Wildman–Crippen LogP) is 1.15. The van der Waals surface area contributed by atoms with Crippen LogP contribution in [0.1, 0.15) is 10.4 Å². The average Bonchev–Trinajstić information content (AvgIpc) is 2.27. The molecule has 0 saturated carbocycles. The molecule has 0 aliphatic carbocycles. The van der Waals surface area contributed by atoms with Crippen molar-refractivity contribution in [3.05, 3.63) is 29.8 Å². The van der Waals surface area contributed by atoms with Crippen LogP contribution in [0.2, 0.25) is 0 Å². The lowest BCUT2D eigenvalue weighted by molar-refractivity contribution is 0.0964. The third-order valence-corrected chi connectivity index (χ3v) is 2.48. The molecule has 2 rings (SSSR count). The van der Waals surface area contributed by atoms with Gasteiger partial charge in [0.15, 0.2) is 0 Å². The van der Waals surface area contributed by atoms with E-state index in [9.17, 15) is 9.59 Å². The normalized spacial score (nSPS) is 15.4. The van der Waals surface area contributed by atoms with Crippen LogP contribution >= 0.6 is 11.9 Å². The Balaban J connectivity index is 2.46. The minimum absolute atomic E-state index is 0.363. The van der Waals surface area contributed by atoms with E-state index >= 15 is 0 Å². The molecule has 0 saturated heterocycles. The third kappa shape index (κ3) is 1.50. The maximum atomic E-state index is 11.3. The van der Waals surface area contributed by atoms with E-state index in [0.29, 0.717) is 5.56 Å². The number of imide groups is 1. The largest absolute Gasteiger partial charge is 0.331 e. The molecule has 0 bridgehead atoms. The van der Waals surface area contributed by atoms with Gasteiger partial charge >= 0.3 is 6.03 Å². The van der Waals surface area contributed by atoms with Gasteiger partial charge in [0.05, 0.1) is 5.56 Å². The topological polar surface area (TPSA) is 58.2 Å². The zero-order chi connectivity index (χ0) is 9.26. The van der Waals surface area contributed by atoms with Crippen LogP contribution in [0.5, 0.6) is 0 Å². The Hall–Kier alpha value is -1.49. The number of urea groups is 1. The molecule has 0 radical (unpaired) electrons. The molecule has 2 N–H and O–H groups in total. The van der Waals surface area contributed by atoms with Crippen molar-refractivity contribution < 1.29 is 9.59 Å². The highest BCUT2D eigenvalue weighted by Crippen LogP contribution is 2.21. The summed E-state index contributed by atoms with van der Waals surface area (Å²) in [6.45, 7) is 0. The number of fused-ring (bicyclic) bond motifs is 1. The van der Waals surface area contributed by atoms with E-state index in [1.165, 1.54) is 0 Å². The van der Waals surface area contributed by atoms with Gasteiger partial charge in [0.2, 0.25) is 0 Å². The molecule has 0 atom stereocenters. The minimum atomic E-state index is -0.480. The van der Waals surface area contributed by atoms with Gasteiger partial charge in [-0.1, -0.05) is 12.1 Å². The van der Waals surface area contributed by atoms with Crippen molar-refractivity contribution in [2.75, 3.05) is 0 Å². The van der Waals surface area contributed by atoms with E-state index in [1.54, 1.807) is 18.2 Å². The molecule has 1 aromatic carbocycles. The number of hydrogen-bond acceptors (Lipinski definition) is 3. The second-order valence-electron chi connectivity index (χ2n) is 2.48. The fourth-order valence-corrected chi connectivity index (χ4v) is 1.71. The Morgan fingerprint density at radius 1 is 1.15 bits per heavy atom. The molecule has 66 valence electrons. The summed E-state index contributed by atoms with van der Waals surface area (Å²) >= 11 is 1.14. The van der Waals surface area contributed by atoms with Gasteiger partial charge in [-0.15, -0.1) is 0 Å². The summed E-state index contributed by atoms with van der Waals surface area (Å²) < 4.78 is 2.48. The Labute approximate surface area is 78.8 Å². The summed E-state index contributed by atoms with van der Waals surface area (Å²) in [5.41, 5.74) is 0.519. The first-order valence-corrected chi connectivity index (χ1v) is 4.46. The van der Waals surface area contributed by atoms with Crippen molar-refractivity contribution in [1.29, 1.82) is 0 Å². The standard InChI is InChI=1S/C8H6N2O2S/c11-7-5-3-1-2-4-6(5)13-10-8(12)9-7/h1-4H,(H2,9,10,11,12). The molecule has 13 heavy (non-hydrogen) atoms. The van der Waals surface area contributed by atoms with Crippen LogP contribution in [0.3, 0.4) is 0 Å². The number of carbonyl (C=O) groups excluding carboxylic acids is 2. The number of amides is 3. The van der Waals surface area contributed by atoms with Gasteiger partial charge in [0.1, 0.15) is 0 Å². The molecule has 1 heterocycles. The molecule has 1 aliphatic rings. The summed E-state index contributed by atoms with van der Waals surface area (Å²) in [6, 6.07) is 6.56. The van der Waals surface area contributed by atoms with Crippen molar-refractivity contribution in [3.63, 3.8) is 0 Å². The zero-order valence-corrected chi connectivity index (χ0v) is 7.35. The van der Waals surface area contributed by atoms with Gasteiger partial charge in [-0.2, -0.15) is 0 Å². The van der Waals surface area contributed by atoms with Crippen LogP contribution in [0, 0.1) is 0 Å². The van der Waals surface area contributed by atoms with E-state index in [1.807, 2.05) is 6.07 Å². The summed E-state index contributed by atoms with van der Waals surface area (Å²) in [7, 11) is 0. The lowest BCUT2D eigenvalue weighted by Crippen LogP contribution is -2.33. The van der Waals surface area contributed by atoms with Gasteiger partial charge < -0.3 is 0 Å². The summed E-state index contributed by atoms with van der Waals surface area (Å²) in [5, 5.41) is 2.19. The highest BCUT2D eigenvalue weighted by atomic mass is 32.2. The first kappa shape index (κ1) is 8.12. The monoisotopic (exact) mass is 194 g/mol. The molecule has 0 spiro atoms. The first-order chi connectivity index (χ1) is 6.27. The van der Waals surface area contributed by atoms with Crippen molar-refractivity contribution in [2.24, 2.45) is 0 Å². The van der Waals surface area contributed by atoms with Crippen LogP contribution in [0.15, 0.2) is 29.2 Å². The molecule has 3 amide bonds. The van der Waals surface area contributed by atoms with Crippen molar-refractivity contribution in [3.8, 4) is 0 Å².